The van der Waals surface area contributed by atoms with E-state index in [2.05, 4.69) is 0 Å². The predicted molar refractivity (Wildman–Crippen MR) is 50.7 cm³/mol. The molecular weight excluding hydrogens is 198 g/mol. The average molecular weight is 203 g/mol. The van der Waals surface area contributed by atoms with Gasteiger partial charge in [0.2, 0.25) is 0 Å². The number of nitro groups is 1. The molecule has 0 spiro atoms. The minimum absolute atomic E-state index is 0.0758. The molecule has 74 valence electrons. The quantitative estimate of drug-likeness (QED) is 0.557. The predicted octanol–water partition coefficient (Wildman–Crippen LogP) is 1.26. The van der Waals surface area contributed by atoms with Crippen LogP contribution in [-0.4, -0.2) is 14.8 Å². The maximum atomic E-state index is 10.6. The number of rotatable bonds is 1. The number of aromatic nitrogens is 1. The van der Waals surface area contributed by atoms with E-state index in [1.165, 1.54) is 18.2 Å². The lowest BCUT2D eigenvalue weighted by Crippen LogP contribution is -2.05. The fourth-order valence-electron chi connectivity index (χ4n) is 1.42. The summed E-state index contributed by atoms with van der Waals surface area (Å²) >= 11 is 0. The minimum atomic E-state index is -0.650. The Morgan fingerprint density at radius 2 is 2.27 bits per heavy atom. The molecule has 0 fully saturated rings. The van der Waals surface area contributed by atoms with Gasteiger partial charge in [-0.25, -0.2) is 10.1 Å². The highest BCUT2D eigenvalue weighted by molar-refractivity contribution is 5.87. The number of nitriles is 1. The van der Waals surface area contributed by atoms with Gasteiger partial charge < -0.3 is 5.11 Å². The first-order chi connectivity index (χ1) is 7.13. The van der Waals surface area contributed by atoms with Crippen molar-refractivity contribution >= 4 is 10.9 Å². The van der Waals surface area contributed by atoms with Gasteiger partial charge in [-0.3, -0.25) is 0 Å². The second-order valence-electron chi connectivity index (χ2n) is 2.94. The molecule has 1 aromatic carbocycles. The van der Waals surface area contributed by atoms with E-state index >= 15 is 0 Å². The van der Waals surface area contributed by atoms with Crippen LogP contribution in [0.5, 0.6) is 5.75 Å². The number of hydrogen-bond donors (Lipinski definition) is 1. The molecule has 0 aliphatic rings. The zero-order valence-corrected chi connectivity index (χ0v) is 7.41. The van der Waals surface area contributed by atoms with Crippen LogP contribution >= 0.6 is 0 Å². The Hall–Kier alpha value is -2.55. The fourth-order valence-corrected chi connectivity index (χ4v) is 1.42. The van der Waals surface area contributed by atoms with Crippen molar-refractivity contribution in [3.8, 4) is 11.8 Å². The van der Waals surface area contributed by atoms with Gasteiger partial charge in [0.1, 0.15) is 17.3 Å². The fraction of sp³-hybridized carbons (Fsp3) is 0. The molecular formula is C9H5N3O3. The number of aromatic hydroxyl groups is 1. The van der Waals surface area contributed by atoms with E-state index in [0.29, 0.717) is 10.1 Å². The second-order valence-corrected chi connectivity index (χ2v) is 2.94. The maximum Gasteiger partial charge on any atom is 0.169 e. The molecule has 0 unspecified atom stereocenters. The van der Waals surface area contributed by atoms with Crippen LogP contribution < -0.4 is 0 Å². The lowest BCUT2D eigenvalue weighted by atomic mass is 10.2. The van der Waals surface area contributed by atoms with Crippen molar-refractivity contribution in [1.82, 2.24) is 4.68 Å². The normalized spacial score (nSPS) is 10.1. The van der Waals surface area contributed by atoms with Gasteiger partial charge in [-0.1, -0.05) is 4.68 Å². The summed E-state index contributed by atoms with van der Waals surface area (Å²) in [5.41, 5.74) is 0.415. The van der Waals surface area contributed by atoms with Crippen molar-refractivity contribution in [2.45, 2.75) is 0 Å². The lowest BCUT2D eigenvalue weighted by Gasteiger charge is -1.94. The number of benzene rings is 1. The molecule has 15 heavy (non-hydrogen) atoms. The molecule has 0 atom stereocenters. The molecule has 0 aliphatic heterocycles. The zero-order valence-electron chi connectivity index (χ0n) is 7.41. The number of phenolic OH excluding ortho intramolecular Hbond substituents is 1. The van der Waals surface area contributed by atoms with Gasteiger partial charge in [-0.2, -0.15) is 5.26 Å². The molecule has 6 nitrogen and oxygen atoms in total. The Balaban J connectivity index is 2.89. The van der Waals surface area contributed by atoms with Crippen molar-refractivity contribution in [2.24, 2.45) is 0 Å². The highest BCUT2D eigenvalue weighted by Crippen LogP contribution is 2.24. The summed E-state index contributed by atoms with van der Waals surface area (Å²) in [5.74, 6) is -0.0758. The van der Waals surface area contributed by atoms with E-state index in [0.717, 1.165) is 6.20 Å². The molecule has 1 heterocycles. The van der Waals surface area contributed by atoms with E-state index < -0.39 is 5.03 Å². The molecule has 0 aliphatic carbocycles. The Morgan fingerprint density at radius 3 is 2.87 bits per heavy atom. The van der Waals surface area contributed by atoms with Gasteiger partial charge >= 0.3 is 0 Å². The first-order valence-electron chi connectivity index (χ1n) is 4.02. The van der Waals surface area contributed by atoms with E-state index in [1.807, 2.05) is 6.07 Å². The first kappa shape index (κ1) is 9.02. The van der Waals surface area contributed by atoms with E-state index in [1.54, 1.807) is 0 Å². The van der Waals surface area contributed by atoms with Crippen LogP contribution in [0.25, 0.3) is 10.9 Å². The van der Waals surface area contributed by atoms with Crippen LogP contribution in [0.15, 0.2) is 24.4 Å². The molecule has 0 bridgehead atoms. The van der Waals surface area contributed by atoms with E-state index in [9.17, 15) is 15.2 Å². The van der Waals surface area contributed by atoms with Crippen LogP contribution in [0.1, 0.15) is 5.56 Å². The summed E-state index contributed by atoms with van der Waals surface area (Å²) in [6.45, 7) is 0. The Morgan fingerprint density at radius 1 is 1.53 bits per heavy atom. The summed E-state index contributed by atoms with van der Waals surface area (Å²) in [6.07, 6.45) is 1.13. The Bertz CT molecular complexity index is 594. The molecule has 0 amide bonds. The smallest absolute Gasteiger partial charge is 0.169 e. The summed E-state index contributed by atoms with van der Waals surface area (Å²) in [5, 5.41) is 28.4. The lowest BCUT2D eigenvalue weighted by molar-refractivity contribution is -0.537. The van der Waals surface area contributed by atoms with E-state index in [4.69, 9.17) is 5.26 Å². The van der Waals surface area contributed by atoms with Crippen LogP contribution in [0.2, 0.25) is 0 Å². The number of phenols is 1. The Kier molecular flexibility index (Phi) is 1.80. The van der Waals surface area contributed by atoms with Crippen LogP contribution in [-0.2, 0) is 0 Å². The Labute approximate surface area is 83.7 Å². The van der Waals surface area contributed by atoms with Gasteiger partial charge in [-0.15, -0.1) is 0 Å². The van der Waals surface area contributed by atoms with Crippen molar-refractivity contribution in [3.05, 3.63) is 40.1 Å². The number of hydrogen-bond acceptors (Lipinski definition) is 4. The topological polar surface area (TPSA) is 92.1 Å². The third-order valence-corrected chi connectivity index (χ3v) is 2.07. The van der Waals surface area contributed by atoms with Gasteiger partial charge in [-0.05, 0) is 12.1 Å². The van der Waals surface area contributed by atoms with Crippen LogP contribution in [0, 0.1) is 21.4 Å². The minimum Gasteiger partial charge on any atom is -0.508 e. The molecule has 6 heteroatoms. The summed E-state index contributed by atoms with van der Waals surface area (Å²) in [4.78, 5) is 10.6. The van der Waals surface area contributed by atoms with Crippen LogP contribution in [0.4, 0.5) is 0 Å². The third kappa shape index (κ3) is 1.26. The molecule has 0 radical (unpaired) electrons. The third-order valence-electron chi connectivity index (χ3n) is 2.07. The van der Waals surface area contributed by atoms with Crippen molar-refractivity contribution < 1.29 is 10.1 Å². The second kappa shape index (κ2) is 2.99. The highest BCUT2D eigenvalue weighted by atomic mass is 16.7. The SMILES string of the molecule is N#Cc1cn([N+](=O)[O-])c2cc(O)ccc12. The van der Waals surface area contributed by atoms with Crippen molar-refractivity contribution in [2.75, 3.05) is 0 Å². The standard InChI is InChI=1S/C9H5N3O3/c10-4-6-5-11(12(14)15)9-3-7(13)1-2-8(6)9/h1-3,5,13H. The number of fused-ring (bicyclic) bond motifs is 1. The highest BCUT2D eigenvalue weighted by Gasteiger charge is 2.14. The van der Waals surface area contributed by atoms with Crippen molar-refractivity contribution in [3.63, 3.8) is 0 Å². The molecule has 1 N–H and O–H groups in total. The molecule has 0 saturated heterocycles. The van der Waals surface area contributed by atoms with Crippen LogP contribution in [0.3, 0.4) is 0 Å². The summed E-state index contributed by atoms with van der Waals surface area (Å²) in [7, 11) is 0. The van der Waals surface area contributed by atoms with Gasteiger partial charge in [0.15, 0.2) is 5.03 Å². The molecule has 1 aromatic heterocycles. The summed E-state index contributed by atoms with van der Waals surface area (Å²) < 4.78 is 0.716. The van der Waals surface area contributed by atoms with E-state index in [-0.39, 0.29) is 16.8 Å². The van der Waals surface area contributed by atoms with Gasteiger partial charge in [0.25, 0.3) is 0 Å². The van der Waals surface area contributed by atoms with Crippen molar-refractivity contribution in [1.29, 1.82) is 5.26 Å². The molecule has 0 saturated carbocycles. The first-order valence-corrected chi connectivity index (χ1v) is 4.02. The average Bonchev–Trinajstić information content (AvgIpc) is 2.55. The largest absolute Gasteiger partial charge is 0.508 e. The zero-order chi connectivity index (χ0) is 11.0. The monoisotopic (exact) mass is 203 g/mol. The van der Waals surface area contributed by atoms with Gasteiger partial charge in [0, 0.05) is 11.5 Å². The molecule has 2 rings (SSSR count). The number of nitrogens with zero attached hydrogens (tertiary/aromatic N) is 3. The van der Waals surface area contributed by atoms with Gasteiger partial charge in [0.05, 0.1) is 11.8 Å². The molecule has 2 aromatic rings. The summed E-state index contributed by atoms with van der Waals surface area (Å²) in [6, 6.07) is 5.96. The maximum absolute atomic E-state index is 10.6.